The van der Waals surface area contributed by atoms with Gasteiger partial charge >= 0.3 is 0 Å². The number of rotatable bonds is 7. The zero-order valence-corrected chi connectivity index (χ0v) is 15.1. The summed E-state index contributed by atoms with van der Waals surface area (Å²) in [4.78, 5) is 9.96. The number of nitrogens with one attached hydrogen (secondary N) is 1. The van der Waals surface area contributed by atoms with Gasteiger partial charge in [-0.25, -0.2) is 17.8 Å². The molecule has 0 aliphatic heterocycles. The van der Waals surface area contributed by atoms with Crippen molar-refractivity contribution in [1.82, 2.24) is 14.5 Å². The standard InChI is InChI=1S/C17H16N4O5S/c1-26-16-8-7-15(21(22)23)11-17(16)27(24,25)18-12-13-9-10-20(19-13)14-5-3-2-4-6-14/h2-11,18H,12H2,1H3. The second-order valence-corrected chi connectivity index (χ2v) is 7.24. The molecule has 9 nitrogen and oxygen atoms in total. The molecule has 1 N–H and O–H groups in total. The number of methoxy groups -OCH3 is 1. The Bertz CT molecular complexity index is 1060. The highest BCUT2D eigenvalue weighted by Crippen LogP contribution is 2.28. The van der Waals surface area contributed by atoms with Crippen LogP contribution in [0.1, 0.15) is 5.69 Å². The van der Waals surface area contributed by atoms with Crippen LogP contribution in [0.4, 0.5) is 5.69 Å². The van der Waals surface area contributed by atoms with Gasteiger partial charge < -0.3 is 4.74 Å². The predicted octanol–water partition coefficient (Wildman–Crippen LogP) is 2.27. The monoisotopic (exact) mass is 388 g/mol. The Morgan fingerprint density at radius 1 is 1.19 bits per heavy atom. The van der Waals surface area contributed by atoms with E-state index in [2.05, 4.69) is 9.82 Å². The van der Waals surface area contributed by atoms with Crippen molar-refractivity contribution in [2.45, 2.75) is 11.4 Å². The average Bonchev–Trinajstić information content (AvgIpc) is 3.16. The van der Waals surface area contributed by atoms with E-state index in [4.69, 9.17) is 4.74 Å². The van der Waals surface area contributed by atoms with E-state index < -0.39 is 14.9 Å². The number of para-hydroxylation sites is 1. The van der Waals surface area contributed by atoms with Gasteiger partial charge in [0.25, 0.3) is 5.69 Å². The molecule has 0 amide bonds. The summed E-state index contributed by atoms with van der Waals surface area (Å²) in [5.74, 6) is 0.0166. The van der Waals surface area contributed by atoms with Crippen molar-refractivity contribution in [3.63, 3.8) is 0 Å². The number of sulfonamides is 1. The first-order chi connectivity index (χ1) is 12.9. The van der Waals surface area contributed by atoms with E-state index in [0.717, 1.165) is 11.8 Å². The molecule has 1 heterocycles. The lowest BCUT2D eigenvalue weighted by Gasteiger charge is -2.10. The molecule has 0 atom stereocenters. The molecule has 0 aliphatic rings. The van der Waals surface area contributed by atoms with Crippen molar-refractivity contribution in [2.24, 2.45) is 0 Å². The van der Waals surface area contributed by atoms with Gasteiger partial charge in [-0.15, -0.1) is 0 Å². The van der Waals surface area contributed by atoms with Crippen molar-refractivity contribution < 1.29 is 18.1 Å². The van der Waals surface area contributed by atoms with Gasteiger partial charge in [-0.3, -0.25) is 10.1 Å². The molecule has 0 radical (unpaired) electrons. The molecule has 0 saturated heterocycles. The molecule has 2 aromatic carbocycles. The summed E-state index contributed by atoms with van der Waals surface area (Å²) >= 11 is 0. The Balaban J connectivity index is 1.81. The summed E-state index contributed by atoms with van der Waals surface area (Å²) in [7, 11) is -2.75. The van der Waals surface area contributed by atoms with Gasteiger partial charge in [-0.2, -0.15) is 5.10 Å². The first kappa shape index (κ1) is 18.5. The molecule has 10 heteroatoms. The maximum absolute atomic E-state index is 12.6. The molecular formula is C17H16N4O5S. The number of ether oxygens (including phenoxy) is 1. The van der Waals surface area contributed by atoms with E-state index >= 15 is 0 Å². The van der Waals surface area contributed by atoms with Gasteiger partial charge in [-0.1, -0.05) is 18.2 Å². The maximum atomic E-state index is 12.6. The van der Waals surface area contributed by atoms with Crippen LogP contribution < -0.4 is 9.46 Å². The number of hydrogen-bond donors (Lipinski definition) is 1. The fourth-order valence-electron chi connectivity index (χ4n) is 2.42. The van der Waals surface area contributed by atoms with Crippen LogP contribution in [0.3, 0.4) is 0 Å². The number of nitro benzene ring substituents is 1. The van der Waals surface area contributed by atoms with E-state index in [1.54, 1.807) is 16.9 Å². The van der Waals surface area contributed by atoms with E-state index in [0.29, 0.717) is 5.69 Å². The third-order valence-electron chi connectivity index (χ3n) is 3.76. The van der Waals surface area contributed by atoms with Crippen LogP contribution in [-0.4, -0.2) is 30.2 Å². The third kappa shape index (κ3) is 4.13. The second-order valence-electron chi connectivity index (χ2n) is 5.50. The van der Waals surface area contributed by atoms with Gasteiger partial charge in [-0.05, 0) is 24.3 Å². The van der Waals surface area contributed by atoms with Gasteiger partial charge in [0, 0.05) is 18.3 Å². The number of aromatic nitrogens is 2. The van der Waals surface area contributed by atoms with E-state index in [9.17, 15) is 18.5 Å². The molecule has 0 bridgehead atoms. The molecule has 27 heavy (non-hydrogen) atoms. The molecule has 1 aromatic heterocycles. The van der Waals surface area contributed by atoms with E-state index in [-0.39, 0.29) is 22.9 Å². The van der Waals surface area contributed by atoms with Crippen molar-refractivity contribution >= 4 is 15.7 Å². The van der Waals surface area contributed by atoms with Gasteiger partial charge in [0.15, 0.2) is 0 Å². The van der Waals surface area contributed by atoms with Crippen LogP contribution in [0.15, 0.2) is 65.7 Å². The average molecular weight is 388 g/mol. The Hall–Kier alpha value is -3.24. The predicted molar refractivity (Wildman–Crippen MR) is 97.2 cm³/mol. The molecule has 3 aromatic rings. The molecule has 0 spiro atoms. The van der Waals surface area contributed by atoms with Crippen LogP contribution in [0.5, 0.6) is 5.75 Å². The fraction of sp³-hybridized carbons (Fsp3) is 0.118. The summed E-state index contributed by atoms with van der Waals surface area (Å²) < 4.78 is 34.2. The van der Waals surface area contributed by atoms with Crippen LogP contribution in [0, 0.1) is 10.1 Å². The lowest BCUT2D eigenvalue weighted by atomic mass is 10.3. The van der Waals surface area contributed by atoms with E-state index in [1.165, 1.54) is 19.2 Å². The summed E-state index contributed by atoms with van der Waals surface area (Å²) in [6.07, 6.45) is 1.72. The zero-order chi connectivity index (χ0) is 19.4. The van der Waals surface area contributed by atoms with Gasteiger partial charge in [0.2, 0.25) is 10.0 Å². The van der Waals surface area contributed by atoms with E-state index in [1.807, 2.05) is 30.3 Å². The third-order valence-corrected chi connectivity index (χ3v) is 5.18. The molecular weight excluding hydrogens is 372 g/mol. The maximum Gasteiger partial charge on any atom is 0.271 e. The molecule has 140 valence electrons. The van der Waals surface area contributed by atoms with Gasteiger partial charge in [0.05, 0.1) is 30.0 Å². The SMILES string of the molecule is COc1ccc([N+](=O)[O-])cc1S(=O)(=O)NCc1ccn(-c2ccccc2)n1. The Labute approximate surface area is 155 Å². The summed E-state index contributed by atoms with van der Waals surface area (Å²) in [6.45, 7) is -0.0754. The normalized spacial score (nSPS) is 11.3. The number of nitro groups is 1. The number of nitrogens with zero attached hydrogens (tertiary/aromatic N) is 3. The number of hydrogen-bond acceptors (Lipinski definition) is 6. The summed E-state index contributed by atoms with van der Waals surface area (Å²) in [5.41, 5.74) is 0.989. The lowest BCUT2D eigenvalue weighted by molar-refractivity contribution is -0.385. The van der Waals surface area contributed by atoms with Crippen molar-refractivity contribution in [3.8, 4) is 11.4 Å². The Morgan fingerprint density at radius 3 is 2.59 bits per heavy atom. The summed E-state index contributed by atoms with van der Waals surface area (Å²) in [6, 6.07) is 14.4. The number of benzene rings is 2. The van der Waals surface area contributed by atoms with Crippen molar-refractivity contribution in [3.05, 3.63) is 76.6 Å². The van der Waals surface area contributed by atoms with Crippen LogP contribution in [0.25, 0.3) is 5.69 Å². The topological polar surface area (TPSA) is 116 Å². The van der Waals surface area contributed by atoms with Gasteiger partial charge in [0.1, 0.15) is 10.6 Å². The minimum atomic E-state index is -4.04. The van der Waals surface area contributed by atoms with Crippen molar-refractivity contribution in [2.75, 3.05) is 7.11 Å². The summed E-state index contributed by atoms with van der Waals surface area (Å²) in [5, 5.41) is 15.2. The minimum absolute atomic E-state index is 0.0166. The highest BCUT2D eigenvalue weighted by atomic mass is 32.2. The highest BCUT2D eigenvalue weighted by Gasteiger charge is 2.23. The van der Waals surface area contributed by atoms with Crippen LogP contribution >= 0.6 is 0 Å². The molecule has 0 fully saturated rings. The Morgan fingerprint density at radius 2 is 1.93 bits per heavy atom. The largest absolute Gasteiger partial charge is 0.495 e. The first-order valence-corrected chi connectivity index (χ1v) is 9.31. The molecule has 0 aliphatic carbocycles. The second kappa shape index (κ2) is 7.56. The quantitative estimate of drug-likeness (QED) is 0.490. The molecule has 0 saturated carbocycles. The van der Waals surface area contributed by atoms with Crippen LogP contribution in [0.2, 0.25) is 0 Å². The smallest absolute Gasteiger partial charge is 0.271 e. The van der Waals surface area contributed by atoms with Crippen molar-refractivity contribution in [1.29, 1.82) is 0 Å². The zero-order valence-electron chi connectivity index (χ0n) is 14.3. The minimum Gasteiger partial charge on any atom is -0.495 e. The number of non-ortho nitro benzene ring substituents is 1. The van der Waals surface area contributed by atoms with Crippen LogP contribution in [-0.2, 0) is 16.6 Å². The molecule has 0 unspecified atom stereocenters. The lowest BCUT2D eigenvalue weighted by Crippen LogP contribution is -2.24. The Kier molecular flexibility index (Phi) is 5.19. The first-order valence-electron chi connectivity index (χ1n) is 7.83. The highest BCUT2D eigenvalue weighted by molar-refractivity contribution is 7.89. The fourth-order valence-corrected chi connectivity index (χ4v) is 3.60. The molecule has 3 rings (SSSR count).